The molecule has 3 aromatic rings. The van der Waals surface area contributed by atoms with Crippen molar-refractivity contribution in [2.75, 3.05) is 18.3 Å². The Balaban J connectivity index is 1.84. The van der Waals surface area contributed by atoms with Gasteiger partial charge in [-0.05, 0) is 30.2 Å². The van der Waals surface area contributed by atoms with E-state index in [2.05, 4.69) is 0 Å². The summed E-state index contributed by atoms with van der Waals surface area (Å²) in [4.78, 5) is 27.5. The highest BCUT2D eigenvalue weighted by atomic mass is 35.5. The molecule has 0 spiro atoms. The topological polar surface area (TPSA) is 75.0 Å². The van der Waals surface area contributed by atoms with Crippen LogP contribution in [-0.2, 0) is 0 Å². The molecule has 0 saturated carbocycles. The molecule has 2 aliphatic rings. The summed E-state index contributed by atoms with van der Waals surface area (Å²) in [5.41, 5.74) is 0.610. The number of carbonyl (C=O) groups excluding carboxylic acids is 1. The van der Waals surface area contributed by atoms with Gasteiger partial charge in [0, 0.05) is 17.8 Å². The molecule has 3 heterocycles. The van der Waals surface area contributed by atoms with Crippen molar-refractivity contribution in [1.82, 2.24) is 9.58 Å². The van der Waals surface area contributed by atoms with Crippen LogP contribution in [0.3, 0.4) is 0 Å². The van der Waals surface area contributed by atoms with Gasteiger partial charge in [-0.2, -0.15) is 0 Å². The van der Waals surface area contributed by atoms with E-state index < -0.39 is 28.9 Å². The molecule has 0 unspecified atom stereocenters. The van der Waals surface area contributed by atoms with Crippen molar-refractivity contribution in [1.29, 1.82) is 0 Å². The lowest BCUT2D eigenvalue weighted by atomic mass is 9.96. The van der Waals surface area contributed by atoms with Crippen LogP contribution < -0.4 is 15.2 Å². The number of amides is 1. The summed E-state index contributed by atoms with van der Waals surface area (Å²) in [5, 5.41) is 12.4. The number of aromatic nitrogens is 1. The van der Waals surface area contributed by atoms with E-state index in [0.717, 1.165) is 5.56 Å². The molecule has 0 aliphatic carbocycles. The Hall–Kier alpha value is -3.78. The van der Waals surface area contributed by atoms with Gasteiger partial charge in [-0.3, -0.25) is 19.3 Å². The van der Waals surface area contributed by atoms with Crippen LogP contribution in [0.25, 0.3) is 0 Å². The zero-order chi connectivity index (χ0) is 24.7. The minimum absolute atomic E-state index is 0.117. The number of rotatable bonds is 2. The summed E-state index contributed by atoms with van der Waals surface area (Å²) in [7, 11) is 0. The highest BCUT2D eigenvalue weighted by molar-refractivity contribution is 6.32. The van der Waals surface area contributed by atoms with Crippen LogP contribution in [0.1, 0.15) is 41.0 Å². The van der Waals surface area contributed by atoms with Gasteiger partial charge in [0.15, 0.2) is 11.4 Å². The molecule has 0 radical (unpaired) electrons. The van der Waals surface area contributed by atoms with E-state index in [1.165, 1.54) is 23.0 Å². The van der Waals surface area contributed by atoms with E-state index in [9.17, 15) is 19.1 Å². The summed E-state index contributed by atoms with van der Waals surface area (Å²) >= 11 is 6.39. The van der Waals surface area contributed by atoms with Gasteiger partial charge >= 0.3 is 0 Å². The van der Waals surface area contributed by atoms with E-state index in [-0.39, 0.29) is 35.8 Å². The second-order valence-electron chi connectivity index (χ2n) is 8.39. The molecule has 1 aromatic heterocycles. The Morgan fingerprint density at radius 3 is 2.66 bits per heavy atom. The molecule has 5 rings (SSSR count). The van der Waals surface area contributed by atoms with Gasteiger partial charge < -0.3 is 14.7 Å². The SMILES string of the molecule is CC[C@@H]1/C=C/COc2c(ccc(F)c2Cl)[C@H](c2ccccc2)N2CN1C(=O)c1c(O)c(=O)ccn12. The van der Waals surface area contributed by atoms with Crippen molar-refractivity contribution in [3.05, 3.63) is 105 Å². The number of carbonyl (C=O) groups is 1. The molecule has 2 atom stereocenters. The van der Waals surface area contributed by atoms with E-state index in [1.807, 2.05) is 48.3 Å². The first-order chi connectivity index (χ1) is 16.9. The maximum absolute atomic E-state index is 14.5. The van der Waals surface area contributed by atoms with Crippen molar-refractivity contribution in [2.24, 2.45) is 0 Å². The lowest BCUT2D eigenvalue weighted by Crippen LogP contribution is -2.57. The number of pyridine rings is 1. The molecular formula is C26H23ClFN3O4. The number of nitrogens with zero attached hydrogens (tertiary/aromatic N) is 3. The maximum atomic E-state index is 14.5. The van der Waals surface area contributed by atoms with Crippen LogP contribution in [-0.4, -0.2) is 39.9 Å². The van der Waals surface area contributed by atoms with Gasteiger partial charge in [0.05, 0.1) is 6.04 Å². The van der Waals surface area contributed by atoms with Crippen molar-refractivity contribution < 1.29 is 19.0 Å². The van der Waals surface area contributed by atoms with Gasteiger partial charge in [0.2, 0.25) is 5.43 Å². The van der Waals surface area contributed by atoms with E-state index >= 15 is 0 Å². The van der Waals surface area contributed by atoms with Crippen LogP contribution in [0.4, 0.5) is 4.39 Å². The molecule has 0 fully saturated rings. The monoisotopic (exact) mass is 495 g/mol. The van der Waals surface area contributed by atoms with Gasteiger partial charge in [-0.25, -0.2) is 4.39 Å². The minimum atomic E-state index is -0.649. The second-order valence-corrected chi connectivity index (χ2v) is 8.76. The first-order valence-corrected chi connectivity index (χ1v) is 11.6. The first-order valence-electron chi connectivity index (χ1n) is 11.3. The fraction of sp³-hybridized carbons (Fsp3) is 0.231. The van der Waals surface area contributed by atoms with Gasteiger partial charge in [0.25, 0.3) is 5.91 Å². The third kappa shape index (κ3) is 3.83. The van der Waals surface area contributed by atoms with Crippen LogP contribution in [0.5, 0.6) is 11.5 Å². The van der Waals surface area contributed by atoms with Gasteiger partial charge in [-0.15, -0.1) is 0 Å². The van der Waals surface area contributed by atoms with E-state index in [4.69, 9.17) is 16.3 Å². The Morgan fingerprint density at radius 1 is 1.14 bits per heavy atom. The lowest BCUT2D eigenvalue weighted by Gasteiger charge is -2.45. The molecule has 1 amide bonds. The van der Waals surface area contributed by atoms with Crippen LogP contribution in [0, 0.1) is 5.82 Å². The lowest BCUT2D eigenvalue weighted by molar-refractivity contribution is 0.0626. The third-order valence-electron chi connectivity index (χ3n) is 6.38. The number of hydrogen-bond donors (Lipinski definition) is 1. The van der Waals surface area contributed by atoms with Gasteiger partial charge in [0.1, 0.15) is 35.9 Å². The number of fused-ring (bicyclic) bond motifs is 5. The molecule has 1 N–H and O–H groups in total. The average molecular weight is 496 g/mol. The minimum Gasteiger partial charge on any atom is -0.502 e. The number of hydrogen-bond acceptors (Lipinski definition) is 5. The quantitative estimate of drug-likeness (QED) is 0.539. The molecule has 0 saturated heterocycles. The molecule has 180 valence electrons. The second kappa shape index (κ2) is 9.11. The summed E-state index contributed by atoms with van der Waals surface area (Å²) in [6, 6.07) is 12.6. The Kier molecular flexibility index (Phi) is 5.98. The Labute approximate surface area is 206 Å². The molecule has 2 bridgehead atoms. The molecule has 2 aromatic carbocycles. The number of ether oxygens (including phenoxy) is 1. The number of benzene rings is 2. The van der Waals surface area contributed by atoms with E-state index in [1.54, 1.807) is 17.0 Å². The van der Waals surface area contributed by atoms with Gasteiger partial charge in [-0.1, -0.05) is 54.9 Å². The number of aromatic hydroxyl groups is 1. The third-order valence-corrected chi connectivity index (χ3v) is 6.73. The largest absolute Gasteiger partial charge is 0.502 e. The van der Waals surface area contributed by atoms with Crippen LogP contribution in [0.2, 0.25) is 5.02 Å². The summed E-state index contributed by atoms with van der Waals surface area (Å²) in [6.07, 6.45) is 5.64. The first kappa shape index (κ1) is 23.0. The van der Waals surface area contributed by atoms with Crippen molar-refractivity contribution in [3.8, 4) is 11.5 Å². The summed E-state index contributed by atoms with van der Waals surface area (Å²) in [5.74, 6) is -1.51. The smallest absolute Gasteiger partial charge is 0.278 e. The molecule has 2 aliphatic heterocycles. The maximum Gasteiger partial charge on any atom is 0.278 e. The van der Waals surface area contributed by atoms with Crippen LogP contribution >= 0.6 is 11.6 Å². The summed E-state index contributed by atoms with van der Waals surface area (Å²) in [6.45, 7) is 2.19. The normalized spacial score (nSPS) is 20.4. The predicted octanol–water partition coefficient (Wildman–Crippen LogP) is 4.21. The number of halogens is 2. The summed E-state index contributed by atoms with van der Waals surface area (Å²) < 4.78 is 22.0. The Bertz CT molecular complexity index is 1380. The van der Waals surface area contributed by atoms with Crippen molar-refractivity contribution in [2.45, 2.75) is 25.4 Å². The zero-order valence-corrected chi connectivity index (χ0v) is 19.7. The van der Waals surface area contributed by atoms with Crippen LogP contribution in [0.15, 0.2) is 71.7 Å². The predicted molar refractivity (Wildman–Crippen MR) is 130 cm³/mol. The van der Waals surface area contributed by atoms with Crippen molar-refractivity contribution in [3.63, 3.8) is 0 Å². The Morgan fingerprint density at radius 2 is 1.91 bits per heavy atom. The van der Waals surface area contributed by atoms with E-state index in [0.29, 0.717) is 12.0 Å². The highest BCUT2D eigenvalue weighted by Crippen LogP contribution is 2.41. The average Bonchev–Trinajstić information content (AvgIpc) is 2.89. The molecule has 35 heavy (non-hydrogen) atoms. The van der Waals surface area contributed by atoms with Crippen molar-refractivity contribution >= 4 is 17.5 Å². The fourth-order valence-electron chi connectivity index (χ4n) is 4.68. The molecule has 7 nitrogen and oxygen atoms in total. The fourth-order valence-corrected chi connectivity index (χ4v) is 4.90. The molecule has 9 heteroatoms. The highest BCUT2D eigenvalue weighted by Gasteiger charge is 2.39. The molecular weight excluding hydrogens is 473 g/mol. The zero-order valence-electron chi connectivity index (χ0n) is 18.9. The standard InChI is InChI=1S/C26H23ClFN3O4/c1-2-17-9-6-14-35-25-18(10-11-19(28)21(25)27)22(16-7-4-3-5-8-16)31-15-29(17)26(34)23-24(33)20(32)12-13-30(23)31/h3-13,17,22,33H,2,14-15H2,1H3/b9-6+/t17-,22+/m1/s1.